The summed E-state index contributed by atoms with van der Waals surface area (Å²) in [4.78, 5) is 11.8. The fourth-order valence-corrected chi connectivity index (χ4v) is 2.00. The fourth-order valence-electron chi connectivity index (χ4n) is 2.00. The van der Waals surface area contributed by atoms with Crippen molar-refractivity contribution in [2.45, 2.75) is 39.3 Å². The molecular weight excluding hydrogens is 234 g/mol. The lowest BCUT2D eigenvalue weighted by atomic mass is 10.1. The molecule has 1 fully saturated rings. The summed E-state index contributed by atoms with van der Waals surface area (Å²) in [6.45, 7) is 5.09. The molecule has 0 unspecified atom stereocenters. The number of carbonyl (C=O) groups is 1. The molecule has 6 heteroatoms. The number of esters is 1. The Labute approximate surface area is 106 Å². The van der Waals surface area contributed by atoms with Crippen molar-refractivity contribution in [3.8, 4) is 0 Å². The van der Waals surface area contributed by atoms with Crippen molar-refractivity contribution in [3.05, 3.63) is 11.4 Å². The van der Waals surface area contributed by atoms with Crippen LogP contribution in [-0.4, -0.2) is 35.1 Å². The molecule has 100 valence electrons. The number of rotatable bonds is 3. The maximum absolute atomic E-state index is 11.8. The number of nitrogens with zero attached hydrogens (tertiary/aromatic N) is 2. The van der Waals surface area contributed by atoms with Crippen LogP contribution in [0.25, 0.3) is 0 Å². The number of ether oxygens (including phenoxy) is 2. The average molecular weight is 253 g/mol. The van der Waals surface area contributed by atoms with Gasteiger partial charge in [-0.1, -0.05) is 0 Å². The molecule has 0 saturated carbocycles. The van der Waals surface area contributed by atoms with E-state index in [1.54, 1.807) is 4.68 Å². The molecule has 0 atom stereocenters. The third-order valence-electron chi connectivity index (χ3n) is 3.18. The minimum absolute atomic E-state index is 0.0273. The summed E-state index contributed by atoms with van der Waals surface area (Å²) in [7, 11) is 0. The Morgan fingerprint density at radius 2 is 2.17 bits per heavy atom. The topological polar surface area (TPSA) is 79.4 Å². The Bertz CT molecular complexity index is 436. The molecule has 2 rings (SSSR count). The van der Waals surface area contributed by atoms with Gasteiger partial charge in [0.15, 0.2) is 0 Å². The number of anilines is 1. The largest absolute Gasteiger partial charge is 0.461 e. The van der Waals surface area contributed by atoms with Gasteiger partial charge in [-0.15, -0.1) is 0 Å². The summed E-state index contributed by atoms with van der Waals surface area (Å²) in [6, 6.07) is 0. The lowest BCUT2D eigenvalue weighted by molar-refractivity contribution is -0.154. The van der Waals surface area contributed by atoms with E-state index in [1.807, 2.05) is 13.8 Å². The van der Waals surface area contributed by atoms with Crippen molar-refractivity contribution in [1.82, 2.24) is 9.78 Å². The quantitative estimate of drug-likeness (QED) is 0.806. The van der Waals surface area contributed by atoms with Crippen LogP contribution in [-0.2, 0) is 20.8 Å². The summed E-state index contributed by atoms with van der Waals surface area (Å²) in [6.07, 6.45) is 1.51. The van der Waals surface area contributed by atoms with E-state index < -0.39 is 0 Å². The predicted molar refractivity (Wildman–Crippen MR) is 66.0 cm³/mol. The SMILES string of the molecule is Cc1nn(CC(=O)OC2CCOCC2)c(C)c1N. The van der Waals surface area contributed by atoms with Gasteiger partial charge >= 0.3 is 5.97 Å². The van der Waals surface area contributed by atoms with Crippen molar-refractivity contribution >= 4 is 11.7 Å². The van der Waals surface area contributed by atoms with E-state index in [4.69, 9.17) is 15.2 Å². The van der Waals surface area contributed by atoms with Gasteiger partial charge in [-0.25, -0.2) is 0 Å². The van der Waals surface area contributed by atoms with Gasteiger partial charge in [0.1, 0.15) is 12.6 Å². The van der Waals surface area contributed by atoms with Crippen LogP contribution >= 0.6 is 0 Å². The number of nitrogen functional groups attached to an aromatic ring is 1. The van der Waals surface area contributed by atoms with E-state index in [0.717, 1.165) is 24.2 Å². The highest BCUT2D eigenvalue weighted by atomic mass is 16.6. The van der Waals surface area contributed by atoms with E-state index in [9.17, 15) is 4.79 Å². The van der Waals surface area contributed by atoms with Crippen LogP contribution in [0.5, 0.6) is 0 Å². The first-order valence-electron chi connectivity index (χ1n) is 6.14. The summed E-state index contributed by atoms with van der Waals surface area (Å²) < 4.78 is 12.2. The van der Waals surface area contributed by atoms with E-state index >= 15 is 0 Å². The minimum Gasteiger partial charge on any atom is -0.461 e. The molecule has 2 heterocycles. The molecule has 1 aromatic heterocycles. The van der Waals surface area contributed by atoms with Gasteiger partial charge in [-0.05, 0) is 13.8 Å². The number of hydrogen-bond donors (Lipinski definition) is 1. The maximum atomic E-state index is 11.8. The molecule has 0 radical (unpaired) electrons. The molecule has 0 spiro atoms. The molecule has 6 nitrogen and oxygen atoms in total. The van der Waals surface area contributed by atoms with Crippen LogP contribution in [0.2, 0.25) is 0 Å². The molecule has 1 aliphatic heterocycles. The van der Waals surface area contributed by atoms with Gasteiger partial charge < -0.3 is 15.2 Å². The number of aromatic nitrogens is 2. The van der Waals surface area contributed by atoms with Crippen molar-refractivity contribution in [2.24, 2.45) is 0 Å². The van der Waals surface area contributed by atoms with Crippen LogP contribution in [0.4, 0.5) is 5.69 Å². The highest BCUT2D eigenvalue weighted by Gasteiger charge is 2.19. The number of nitrogens with two attached hydrogens (primary N) is 1. The Balaban J connectivity index is 1.92. The molecule has 0 amide bonds. The Kier molecular flexibility index (Phi) is 3.86. The van der Waals surface area contributed by atoms with Gasteiger partial charge in [0, 0.05) is 12.8 Å². The first kappa shape index (κ1) is 12.9. The van der Waals surface area contributed by atoms with Gasteiger partial charge in [-0.3, -0.25) is 9.48 Å². The van der Waals surface area contributed by atoms with E-state index in [0.29, 0.717) is 18.9 Å². The number of carbonyl (C=O) groups excluding carboxylic acids is 1. The van der Waals surface area contributed by atoms with Crippen LogP contribution in [0, 0.1) is 13.8 Å². The summed E-state index contributed by atoms with van der Waals surface area (Å²) in [5.74, 6) is -0.271. The summed E-state index contributed by atoms with van der Waals surface area (Å²) in [5.41, 5.74) is 7.99. The van der Waals surface area contributed by atoms with Crippen molar-refractivity contribution < 1.29 is 14.3 Å². The molecule has 1 aliphatic rings. The maximum Gasteiger partial charge on any atom is 0.328 e. The Hall–Kier alpha value is -1.56. The highest BCUT2D eigenvalue weighted by Crippen LogP contribution is 2.15. The summed E-state index contributed by atoms with van der Waals surface area (Å²) in [5, 5.41) is 4.21. The zero-order valence-electron chi connectivity index (χ0n) is 10.8. The lowest BCUT2D eigenvalue weighted by Crippen LogP contribution is -2.28. The van der Waals surface area contributed by atoms with Crippen molar-refractivity contribution in [3.63, 3.8) is 0 Å². The number of aryl methyl sites for hydroxylation is 1. The molecule has 0 aromatic carbocycles. The fraction of sp³-hybridized carbons (Fsp3) is 0.667. The zero-order chi connectivity index (χ0) is 13.1. The second-order valence-corrected chi connectivity index (χ2v) is 4.54. The van der Waals surface area contributed by atoms with E-state index in [-0.39, 0.29) is 18.6 Å². The number of hydrogen-bond acceptors (Lipinski definition) is 5. The first-order valence-corrected chi connectivity index (χ1v) is 6.14. The van der Waals surface area contributed by atoms with Gasteiger partial charge in [-0.2, -0.15) is 5.10 Å². The van der Waals surface area contributed by atoms with Crippen molar-refractivity contribution in [2.75, 3.05) is 18.9 Å². The average Bonchev–Trinajstić information content (AvgIpc) is 2.58. The molecule has 0 aliphatic carbocycles. The summed E-state index contributed by atoms with van der Waals surface area (Å²) >= 11 is 0. The highest BCUT2D eigenvalue weighted by molar-refractivity contribution is 5.69. The monoisotopic (exact) mass is 253 g/mol. The van der Waals surface area contributed by atoms with Crippen LogP contribution in [0.15, 0.2) is 0 Å². The third-order valence-corrected chi connectivity index (χ3v) is 3.18. The standard InChI is InChI=1S/C12H19N3O3/c1-8-12(13)9(2)15(14-8)7-11(16)18-10-3-5-17-6-4-10/h10H,3-7,13H2,1-2H3. The molecular formula is C12H19N3O3. The lowest BCUT2D eigenvalue weighted by Gasteiger charge is -2.22. The Morgan fingerprint density at radius 1 is 1.50 bits per heavy atom. The van der Waals surface area contributed by atoms with Gasteiger partial charge in [0.05, 0.1) is 30.3 Å². The smallest absolute Gasteiger partial charge is 0.328 e. The van der Waals surface area contributed by atoms with E-state index in [2.05, 4.69) is 5.10 Å². The first-order chi connectivity index (χ1) is 8.58. The molecule has 1 aromatic rings. The Morgan fingerprint density at radius 3 is 2.72 bits per heavy atom. The van der Waals surface area contributed by atoms with Crippen LogP contribution in [0.1, 0.15) is 24.2 Å². The van der Waals surface area contributed by atoms with Crippen LogP contribution in [0.3, 0.4) is 0 Å². The second kappa shape index (κ2) is 5.39. The second-order valence-electron chi connectivity index (χ2n) is 4.54. The van der Waals surface area contributed by atoms with Crippen molar-refractivity contribution in [1.29, 1.82) is 0 Å². The van der Waals surface area contributed by atoms with Gasteiger partial charge in [0.2, 0.25) is 0 Å². The normalized spacial score (nSPS) is 16.8. The molecule has 1 saturated heterocycles. The third kappa shape index (κ3) is 2.81. The van der Waals surface area contributed by atoms with Crippen LogP contribution < -0.4 is 5.73 Å². The zero-order valence-corrected chi connectivity index (χ0v) is 10.8. The molecule has 0 bridgehead atoms. The molecule has 18 heavy (non-hydrogen) atoms. The molecule has 2 N–H and O–H groups in total. The predicted octanol–water partition coefficient (Wildman–Crippen LogP) is 0.804. The minimum atomic E-state index is -0.271. The van der Waals surface area contributed by atoms with E-state index in [1.165, 1.54) is 0 Å². The van der Waals surface area contributed by atoms with Gasteiger partial charge in [0.25, 0.3) is 0 Å².